The summed E-state index contributed by atoms with van der Waals surface area (Å²) < 4.78 is 15.5. The van der Waals surface area contributed by atoms with Crippen LogP contribution < -0.4 is 10.6 Å². The second kappa shape index (κ2) is 5.50. The predicted molar refractivity (Wildman–Crippen MR) is 77.7 cm³/mol. The van der Waals surface area contributed by atoms with Gasteiger partial charge in [0.1, 0.15) is 0 Å². The van der Waals surface area contributed by atoms with E-state index in [1.165, 1.54) is 18.6 Å². The summed E-state index contributed by atoms with van der Waals surface area (Å²) in [5.41, 5.74) is 0.677. The number of nitrogens with one attached hydrogen (secondary N) is 2. The molecule has 1 aromatic carbocycles. The summed E-state index contributed by atoms with van der Waals surface area (Å²) in [5.74, 6) is 0.679. The maximum absolute atomic E-state index is 10.8. The van der Waals surface area contributed by atoms with Gasteiger partial charge in [-0.2, -0.15) is 0 Å². The van der Waals surface area contributed by atoms with Crippen LogP contribution in [0.2, 0.25) is 0 Å². The first kappa shape index (κ1) is 11.2. The summed E-state index contributed by atoms with van der Waals surface area (Å²) in [6, 6.07) is 2.76. The molecular weight excluding hydrogens is 254 g/mol. The van der Waals surface area contributed by atoms with Crippen LogP contribution in [0, 0.1) is 21.4 Å². The molecule has 108 valence electrons. The number of hydrogen-bond donors (Lipinski definition) is 2. The minimum absolute atomic E-state index is 0.161. The minimum atomic E-state index is -0.645. The van der Waals surface area contributed by atoms with Crippen LogP contribution in [0.3, 0.4) is 0 Å². The Morgan fingerprint density at radius 3 is 2.60 bits per heavy atom. The normalized spacial score (nSPS) is 30.5. The average Bonchev–Trinajstić information content (AvgIpc) is 2.44. The third kappa shape index (κ3) is 2.83. The molecule has 1 aromatic rings. The van der Waals surface area contributed by atoms with Gasteiger partial charge in [-0.05, 0) is 49.2 Å². The quantitative estimate of drug-likeness (QED) is 0.650. The fourth-order valence-corrected chi connectivity index (χ4v) is 3.46. The molecule has 5 heteroatoms. The van der Waals surface area contributed by atoms with Gasteiger partial charge in [0.2, 0.25) is 0 Å². The lowest BCUT2D eigenvalue weighted by Gasteiger charge is -2.46. The lowest BCUT2D eigenvalue weighted by molar-refractivity contribution is -0.384. The molecule has 2 fully saturated rings. The molecule has 2 heterocycles. The lowest BCUT2D eigenvalue weighted by Crippen LogP contribution is -2.56. The largest absolute Gasteiger partial charge is 0.316 e. The Bertz CT molecular complexity index is 561. The van der Waals surface area contributed by atoms with Crippen molar-refractivity contribution >= 4 is 5.69 Å². The molecule has 2 N–H and O–H groups in total. The van der Waals surface area contributed by atoms with Gasteiger partial charge in [0.05, 0.1) is 7.66 Å². The average molecular weight is 279 g/mol. The summed E-state index contributed by atoms with van der Waals surface area (Å²) in [5, 5.41) is 17.9. The SMILES string of the molecule is [3H]c1cc(CCC23CNCC(CNC2)C3)cc([3H])c1[N+](=O)[O-]. The Morgan fingerprint density at radius 1 is 1.35 bits per heavy atom. The van der Waals surface area contributed by atoms with E-state index in [1.807, 2.05) is 0 Å². The minimum Gasteiger partial charge on any atom is -0.316 e. The van der Waals surface area contributed by atoms with Crippen molar-refractivity contribution in [3.8, 4) is 0 Å². The fourth-order valence-electron chi connectivity index (χ4n) is 3.46. The van der Waals surface area contributed by atoms with Crippen molar-refractivity contribution in [2.24, 2.45) is 11.3 Å². The van der Waals surface area contributed by atoms with Gasteiger partial charge in [-0.1, -0.05) is 12.1 Å². The number of piperidine rings is 2. The van der Waals surface area contributed by atoms with Crippen molar-refractivity contribution in [2.45, 2.75) is 19.3 Å². The Balaban J connectivity index is 1.72. The zero-order valence-electron chi connectivity index (χ0n) is 13.4. The van der Waals surface area contributed by atoms with Crippen molar-refractivity contribution in [1.82, 2.24) is 10.6 Å². The monoisotopic (exact) mass is 279 g/mol. The van der Waals surface area contributed by atoms with Gasteiger partial charge in [0, 0.05) is 25.2 Å². The van der Waals surface area contributed by atoms with Crippen LogP contribution in [0.5, 0.6) is 0 Å². The molecule has 2 saturated heterocycles. The second-order valence-corrected chi connectivity index (χ2v) is 6.09. The van der Waals surface area contributed by atoms with E-state index in [0.717, 1.165) is 44.6 Å². The van der Waals surface area contributed by atoms with Crippen LogP contribution in [0.25, 0.3) is 0 Å². The summed E-state index contributed by atoms with van der Waals surface area (Å²) in [6.45, 7) is 4.12. The van der Waals surface area contributed by atoms with Crippen LogP contribution in [-0.2, 0) is 6.42 Å². The number of rotatable bonds is 4. The van der Waals surface area contributed by atoms with E-state index in [2.05, 4.69) is 10.6 Å². The molecule has 0 saturated carbocycles. The number of nitrogens with zero attached hydrogens (tertiary/aromatic N) is 1. The smallest absolute Gasteiger partial charge is 0.269 e. The van der Waals surface area contributed by atoms with Crippen molar-refractivity contribution in [1.29, 1.82) is 0 Å². The van der Waals surface area contributed by atoms with Crippen molar-refractivity contribution in [3.05, 3.63) is 39.9 Å². The van der Waals surface area contributed by atoms with E-state index >= 15 is 0 Å². The Labute approximate surface area is 121 Å². The Morgan fingerprint density at radius 2 is 2.00 bits per heavy atom. The number of fused-ring (bicyclic) bond motifs is 2. The maximum Gasteiger partial charge on any atom is 0.269 e. The Hall–Kier alpha value is -1.46. The van der Waals surface area contributed by atoms with Gasteiger partial charge in [0.15, 0.2) is 0 Å². The standard InChI is InChI=1S/C15H21N3O2/c19-18(20)14-3-1-12(2-4-14)5-6-15-7-13(8-16-10-15)9-17-11-15/h1-4,13,16-17H,5-11H2/i3T,4T. The highest BCUT2D eigenvalue weighted by Gasteiger charge is 2.38. The highest BCUT2D eigenvalue weighted by Crippen LogP contribution is 2.36. The summed E-state index contributed by atoms with van der Waals surface area (Å²) in [4.78, 5) is 10.2. The van der Waals surface area contributed by atoms with Gasteiger partial charge in [0.25, 0.3) is 5.69 Å². The van der Waals surface area contributed by atoms with Crippen LogP contribution in [0.4, 0.5) is 5.69 Å². The van der Waals surface area contributed by atoms with E-state index in [-0.39, 0.29) is 17.5 Å². The first-order chi connectivity index (χ1) is 10.5. The molecule has 0 spiro atoms. The van der Waals surface area contributed by atoms with Crippen LogP contribution >= 0.6 is 0 Å². The number of nitro benzene ring substituents is 1. The Kier molecular flexibility index (Phi) is 3.09. The molecule has 0 radical (unpaired) electrons. The summed E-state index contributed by atoms with van der Waals surface area (Å²) in [6.07, 6.45) is 2.94. The van der Waals surface area contributed by atoms with Crippen molar-refractivity contribution in [2.75, 3.05) is 26.2 Å². The highest BCUT2D eigenvalue weighted by atomic mass is 16.6. The topological polar surface area (TPSA) is 67.2 Å². The van der Waals surface area contributed by atoms with Gasteiger partial charge >= 0.3 is 0 Å². The lowest BCUT2D eigenvalue weighted by atomic mass is 9.70. The molecule has 5 nitrogen and oxygen atoms in total. The number of nitro groups is 1. The number of benzene rings is 1. The molecular formula is C15H21N3O2. The first-order valence-electron chi connectivity index (χ1n) is 8.15. The van der Waals surface area contributed by atoms with E-state index in [0.29, 0.717) is 5.92 Å². The molecule has 0 atom stereocenters. The van der Waals surface area contributed by atoms with Crippen LogP contribution in [0.1, 0.15) is 21.1 Å². The van der Waals surface area contributed by atoms with Gasteiger partial charge < -0.3 is 10.6 Å². The number of aryl methyl sites for hydroxylation is 1. The summed E-state index contributed by atoms with van der Waals surface area (Å²) in [7, 11) is 0. The van der Waals surface area contributed by atoms with Gasteiger partial charge in [-0.3, -0.25) is 10.1 Å². The molecule has 0 amide bonds. The second-order valence-electron chi connectivity index (χ2n) is 6.09. The molecule has 2 aliphatic rings. The van der Waals surface area contributed by atoms with E-state index in [9.17, 15) is 10.1 Å². The number of hydrogen-bond acceptors (Lipinski definition) is 4. The van der Waals surface area contributed by atoms with E-state index in [4.69, 9.17) is 2.74 Å². The summed E-state index contributed by atoms with van der Waals surface area (Å²) >= 11 is 0. The van der Waals surface area contributed by atoms with Crippen molar-refractivity contribution < 1.29 is 7.66 Å². The molecule has 3 rings (SSSR count). The van der Waals surface area contributed by atoms with Gasteiger partial charge in [-0.25, -0.2) is 0 Å². The van der Waals surface area contributed by atoms with E-state index in [1.54, 1.807) is 0 Å². The molecule has 0 aliphatic carbocycles. The molecule has 0 unspecified atom stereocenters. The van der Waals surface area contributed by atoms with E-state index < -0.39 is 10.6 Å². The zero-order chi connectivity index (χ0) is 15.7. The molecule has 0 aromatic heterocycles. The third-order valence-corrected chi connectivity index (χ3v) is 4.50. The fraction of sp³-hybridized carbons (Fsp3) is 0.600. The third-order valence-electron chi connectivity index (χ3n) is 4.50. The van der Waals surface area contributed by atoms with Crippen LogP contribution in [-0.4, -0.2) is 31.1 Å². The molecule has 20 heavy (non-hydrogen) atoms. The molecule has 2 aliphatic heterocycles. The predicted octanol–water partition coefficient (Wildman–Crippen LogP) is 1.73. The highest BCUT2D eigenvalue weighted by molar-refractivity contribution is 5.33. The maximum atomic E-state index is 10.8. The van der Waals surface area contributed by atoms with Gasteiger partial charge in [-0.15, -0.1) is 0 Å². The van der Waals surface area contributed by atoms with Crippen molar-refractivity contribution in [3.63, 3.8) is 0 Å². The zero-order valence-corrected chi connectivity index (χ0v) is 11.4. The van der Waals surface area contributed by atoms with Crippen LogP contribution in [0.15, 0.2) is 24.2 Å². The first-order valence-corrected chi connectivity index (χ1v) is 7.15. The molecule has 2 bridgehead atoms.